The average molecular weight is 415 g/mol. The second kappa shape index (κ2) is 9.55. The van der Waals surface area contributed by atoms with Crippen LogP contribution in [0.25, 0.3) is 0 Å². The zero-order valence-electron chi connectivity index (χ0n) is 15.9. The van der Waals surface area contributed by atoms with Crippen LogP contribution in [-0.2, 0) is 41.3 Å². The number of carbonyl (C=O) groups is 3. The van der Waals surface area contributed by atoms with Gasteiger partial charge in [-0.2, -0.15) is 13.2 Å². The van der Waals surface area contributed by atoms with E-state index in [1.165, 1.54) is 19.2 Å². The molecule has 0 aliphatic carbocycles. The van der Waals surface area contributed by atoms with Crippen molar-refractivity contribution in [2.75, 3.05) is 26.9 Å². The molecule has 1 aromatic carbocycles. The van der Waals surface area contributed by atoms with E-state index in [-0.39, 0.29) is 37.6 Å². The molecule has 0 saturated carbocycles. The second-order valence-electron chi connectivity index (χ2n) is 6.07. The summed E-state index contributed by atoms with van der Waals surface area (Å²) in [4.78, 5) is 37.5. The summed E-state index contributed by atoms with van der Waals surface area (Å²) in [6.45, 7) is 1.35. The molecular weight excluding hydrogens is 395 g/mol. The largest absolute Gasteiger partial charge is 0.466 e. The van der Waals surface area contributed by atoms with E-state index in [0.29, 0.717) is 5.56 Å². The van der Waals surface area contributed by atoms with Crippen LogP contribution in [-0.4, -0.2) is 49.7 Å². The molecule has 1 aliphatic heterocycles. The van der Waals surface area contributed by atoms with Crippen molar-refractivity contribution in [2.45, 2.75) is 26.1 Å². The lowest BCUT2D eigenvalue weighted by Crippen LogP contribution is -2.34. The van der Waals surface area contributed by atoms with Crippen molar-refractivity contribution in [3.05, 3.63) is 46.7 Å². The molecule has 1 heterocycles. The topological polar surface area (TPSA) is 82.1 Å². The maximum absolute atomic E-state index is 12.8. The standard InChI is InChI=1S/C19H20F3NO6/c1-3-29-17(25)8-16(24)23(15-11-28-10-14(15)18(26)27-2)9-12-4-6-13(7-5-12)19(20,21)22/h4-7H,3,8-11H2,1-2H3. The SMILES string of the molecule is CCOC(=O)CC(=O)N(Cc1ccc(C(F)(F)F)cc1)C1=C(C(=O)OC)COC1. The Kier molecular flexibility index (Phi) is 7.38. The number of hydrogen-bond donors (Lipinski definition) is 0. The molecule has 0 radical (unpaired) electrons. The fourth-order valence-corrected chi connectivity index (χ4v) is 2.71. The summed E-state index contributed by atoms with van der Waals surface area (Å²) in [6, 6.07) is 4.23. The molecule has 0 N–H and O–H groups in total. The van der Waals surface area contributed by atoms with E-state index in [1.807, 2.05) is 0 Å². The minimum atomic E-state index is -4.49. The molecule has 10 heteroatoms. The lowest BCUT2D eigenvalue weighted by Gasteiger charge is -2.24. The molecule has 0 saturated heterocycles. The number of rotatable bonds is 7. The van der Waals surface area contributed by atoms with Gasteiger partial charge < -0.3 is 19.1 Å². The highest BCUT2D eigenvalue weighted by molar-refractivity contribution is 5.96. The van der Waals surface area contributed by atoms with E-state index in [1.54, 1.807) is 6.92 Å². The Balaban J connectivity index is 2.33. The van der Waals surface area contributed by atoms with Gasteiger partial charge in [0.2, 0.25) is 5.91 Å². The summed E-state index contributed by atoms with van der Waals surface area (Å²) in [6.07, 6.45) is -5.08. The number of carbonyl (C=O) groups excluding carboxylic acids is 3. The minimum absolute atomic E-state index is 0.0837. The molecule has 1 aromatic rings. The zero-order chi connectivity index (χ0) is 21.6. The molecule has 0 unspecified atom stereocenters. The zero-order valence-corrected chi connectivity index (χ0v) is 15.9. The number of ether oxygens (including phenoxy) is 3. The van der Waals surface area contributed by atoms with Gasteiger partial charge in [-0.3, -0.25) is 9.59 Å². The van der Waals surface area contributed by atoms with Crippen LogP contribution in [0, 0.1) is 0 Å². The molecule has 1 amide bonds. The van der Waals surface area contributed by atoms with Gasteiger partial charge in [0.25, 0.3) is 0 Å². The van der Waals surface area contributed by atoms with Crippen molar-refractivity contribution < 1.29 is 41.8 Å². The number of halogens is 3. The molecule has 158 valence electrons. The van der Waals surface area contributed by atoms with Gasteiger partial charge >= 0.3 is 18.1 Å². The Bertz CT molecular complexity index is 801. The maximum atomic E-state index is 12.8. The van der Waals surface area contributed by atoms with Gasteiger partial charge in [-0.1, -0.05) is 12.1 Å². The summed E-state index contributed by atoms with van der Waals surface area (Å²) in [5, 5.41) is 0. The van der Waals surface area contributed by atoms with Crippen LogP contribution in [0.2, 0.25) is 0 Å². The minimum Gasteiger partial charge on any atom is -0.466 e. The number of hydrogen-bond acceptors (Lipinski definition) is 6. The molecule has 1 aliphatic rings. The quantitative estimate of drug-likeness (QED) is 0.503. The van der Waals surface area contributed by atoms with Crippen molar-refractivity contribution >= 4 is 17.8 Å². The lowest BCUT2D eigenvalue weighted by atomic mass is 10.1. The van der Waals surface area contributed by atoms with Crippen LogP contribution >= 0.6 is 0 Å². The van der Waals surface area contributed by atoms with Gasteiger partial charge in [0, 0.05) is 0 Å². The van der Waals surface area contributed by atoms with E-state index in [4.69, 9.17) is 9.47 Å². The predicted octanol–water partition coefficient (Wildman–Crippen LogP) is 2.44. The van der Waals surface area contributed by atoms with Crippen LogP contribution in [0.15, 0.2) is 35.5 Å². The van der Waals surface area contributed by atoms with Gasteiger partial charge in [-0.05, 0) is 24.6 Å². The van der Waals surface area contributed by atoms with Crippen LogP contribution in [0.5, 0.6) is 0 Å². The Morgan fingerprint density at radius 3 is 2.34 bits per heavy atom. The Morgan fingerprint density at radius 1 is 1.14 bits per heavy atom. The number of amides is 1. The van der Waals surface area contributed by atoms with Crippen LogP contribution in [0.1, 0.15) is 24.5 Å². The second-order valence-corrected chi connectivity index (χ2v) is 6.07. The molecule has 0 fully saturated rings. The Morgan fingerprint density at radius 2 is 1.79 bits per heavy atom. The first-order valence-electron chi connectivity index (χ1n) is 8.67. The number of esters is 2. The maximum Gasteiger partial charge on any atom is 0.416 e. The van der Waals surface area contributed by atoms with Crippen molar-refractivity contribution in [3.8, 4) is 0 Å². The molecule has 0 spiro atoms. The summed E-state index contributed by atoms with van der Waals surface area (Å²) in [5.74, 6) is -2.13. The van der Waals surface area contributed by atoms with Crippen LogP contribution in [0.4, 0.5) is 13.2 Å². The van der Waals surface area contributed by atoms with Gasteiger partial charge in [0.15, 0.2) is 0 Å². The van der Waals surface area contributed by atoms with E-state index in [0.717, 1.165) is 17.0 Å². The van der Waals surface area contributed by atoms with E-state index >= 15 is 0 Å². The Labute approximate surface area is 165 Å². The summed E-state index contributed by atoms with van der Waals surface area (Å²) < 4.78 is 53.0. The molecule has 29 heavy (non-hydrogen) atoms. The number of alkyl halides is 3. The third kappa shape index (κ3) is 5.80. The highest BCUT2D eigenvalue weighted by Crippen LogP contribution is 2.30. The Hall–Kier alpha value is -2.88. The summed E-state index contributed by atoms with van der Waals surface area (Å²) >= 11 is 0. The van der Waals surface area contributed by atoms with E-state index in [2.05, 4.69) is 4.74 Å². The molecule has 0 aromatic heterocycles. The van der Waals surface area contributed by atoms with Crippen LogP contribution < -0.4 is 0 Å². The first kappa shape index (κ1) is 22.4. The first-order chi connectivity index (χ1) is 13.7. The van der Waals surface area contributed by atoms with Gasteiger partial charge in [-0.25, -0.2) is 4.79 Å². The number of methoxy groups -OCH3 is 1. The normalized spacial score (nSPS) is 14.0. The average Bonchev–Trinajstić information content (AvgIpc) is 3.14. The molecule has 2 rings (SSSR count). The van der Waals surface area contributed by atoms with Crippen LogP contribution in [0.3, 0.4) is 0 Å². The third-order valence-corrected chi connectivity index (χ3v) is 4.12. The lowest BCUT2D eigenvalue weighted by molar-refractivity contribution is -0.148. The smallest absolute Gasteiger partial charge is 0.416 e. The first-order valence-corrected chi connectivity index (χ1v) is 8.67. The molecule has 7 nitrogen and oxygen atoms in total. The fourth-order valence-electron chi connectivity index (χ4n) is 2.71. The predicted molar refractivity (Wildman–Crippen MR) is 93.1 cm³/mol. The molecule has 0 atom stereocenters. The van der Waals surface area contributed by atoms with Gasteiger partial charge in [-0.15, -0.1) is 0 Å². The highest BCUT2D eigenvalue weighted by Gasteiger charge is 2.32. The van der Waals surface area contributed by atoms with E-state index in [9.17, 15) is 27.6 Å². The van der Waals surface area contributed by atoms with Crippen molar-refractivity contribution in [2.24, 2.45) is 0 Å². The molecule has 0 bridgehead atoms. The number of nitrogens with zero attached hydrogens (tertiary/aromatic N) is 1. The summed E-state index contributed by atoms with van der Waals surface area (Å²) in [7, 11) is 1.17. The number of benzene rings is 1. The van der Waals surface area contributed by atoms with Gasteiger partial charge in [0.05, 0.1) is 50.3 Å². The monoisotopic (exact) mass is 415 g/mol. The van der Waals surface area contributed by atoms with Crippen molar-refractivity contribution in [1.29, 1.82) is 0 Å². The third-order valence-electron chi connectivity index (χ3n) is 4.12. The van der Waals surface area contributed by atoms with Crippen molar-refractivity contribution in [3.63, 3.8) is 0 Å². The highest BCUT2D eigenvalue weighted by atomic mass is 19.4. The van der Waals surface area contributed by atoms with E-state index < -0.39 is 36.0 Å². The molecular formula is C19H20F3NO6. The van der Waals surface area contributed by atoms with Gasteiger partial charge in [0.1, 0.15) is 6.42 Å². The fraction of sp³-hybridized carbons (Fsp3) is 0.421. The van der Waals surface area contributed by atoms with Crippen molar-refractivity contribution in [1.82, 2.24) is 4.90 Å². The summed E-state index contributed by atoms with van der Waals surface area (Å²) in [5.41, 5.74) is -0.147.